The van der Waals surface area contributed by atoms with Crippen LogP contribution in [0.2, 0.25) is 0 Å². The first kappa shape index (κ1) is 12.9. The van der Waals surface area contributed by atoms with Gasteiger partial charge in [0.2, 0.25) is 0 Å². The van der Waals surface area contributed by atoms with Crippen molar-refractivity contribution in [1.29, 1.82) is 5.26 Å². The van der Waals surface area contributed by atoms with Crippen molar-refractivity contribution >= 4 is 5.69 Å². The molecule has 1 saturated heterocycles. The molecule has 18 heavy (non-hydrogen) atoms. The van der Waals surface area contributed by atoms with Gasteiger partial charge in [0, 0.05) is 24.8 Å². The van der Waals surface area contributed by atoms with E-state index in [1.807, 2.05) is 31.3 Å². The number of benzene rings is 1. The van der Waals surface area contributed by atoms with E-state index in [1.165, 1.54) is 0 Å². The molecule has 0 aromatic heterocycles. The van der Waals surface area contributed by atoms with Crippen LogP contribution >= 0.6 is 0 Å². The molecule has 0 bridgehead atoms. The number of aliphatic hydroxyl groups is 1. The summed E-state index contributed by atoms with van der Waals surface area (Å²) in [5.41, 5.74) is 1.80. The van der Waals surface area contributed by atoms with Crippen LogP contribution in [-0.2, 0) is 0 Å². The second kappa shape index (κ2) is 5.38. The van der Waals surface area contributed by atoms with Crippen LogP contribution in [0.25, 0.3) is 0 Å². The molecule has 1 aromatic carbocycles. The number of anilines is 1. The van der Waals surface area contributed by atoms with E-state index in [2.05, 4.69) is 22.8 Å². The number of hydrogen-bond acceptors (Lipinski definition) is 4. The van der Waals surface area contributed by atoms with Gasteiger partial charge in [-0.1, -0.05) is 0 Å². The molecule has 96 valence electrons. The minimum atomic E-state index is 0.177. The van der Waals surface area contributed by atoms with Crippen molar-refractivity contribution in [2.24, 2.45) is 0 Å². The molecule has 0 spiro atoms. The Labute approximate surface area is 108 Å². The highest BCUT2D eigenvalue weighted by Gasteiger charge is 2.28. The van der Waals surface area contributed by atoms with Crippen LogP contribution in [0.5, 0.6) is 0 Å². The van der Waals surface area contributed by atoms with E-state index in [1.54, 1.807) is 0 Å². The number of piperazine rings is 1. The zero-order valence-corrected chi connectivity index (χ0v) is 10.9. The third-order valence-electron chi connectivity index (χ3n) is 3.65. The molecule has 0 saturated carbocycles. The first-order chi connectivity index (χ1) is 8.65. The molecule has 4 heteroatoms. The van der Waals surface area contributed by atoms with Crippen molar-refractivity contribution in [2.45, 2.75) is 19.0 Å². The van der Waals surface area contributed by atoms with E-state index in [0.29, 0.717) is 11.6 Å². The molecule has 2 atom stereocenters. The van der Waals surface area contributed by atoms with Gasteiger partial charge in [-0.05, 0) is 38.2 Å². The summed E-state index contributed by atoms with van der Waals surface area (Å²) in [7, 11) is 2.05. The summed E-state index contributed by atoms with van der Waals surface area (Å²) in [6, 6.07) is 10.4. The predicted octanol–water partition coefficient (Wildman–Crippen LogP) is 1.06. The number of nitriles is 1. The highest BCUT2D eigenvalue weighted by atomic mass is 16.3. The zero-order valence-electron chi connectivity index (χ0n) is 10.9. The summed E-state index contributed by atoms with van der Waals surface area (Å²) < 4.78 is 0. The molecule has 1 fully saturated rings. The van der Waals surface area contributed by atoms with Gasteiger partial charge >= 0.3 is 0 Å². The molecule has 0 radical (unpaired) electrons. The molecule has 1 aromatic rings. The number of aliphatic hydroxyl groups excluding tert-OH is 1. The smallest absolute Gasteiger partial charge is 0.0991 e. The van der Waals surface area contributed by atoms with Gasteiger partial charge in [-0.2, -0.15) is 5.26 Å². The molecule has 0 amide bonds. The maximum Gasteiger partial charge on any atom is 0.0991 e. The summed E-state index contributed by atoms with van der Waals surface area (Å²) in [5.74, 6) is 0. The van der Waals surface area contributed by atoms with Gasteiger partial charge in [0.05, 0.1) is 24.3 Å². The second-order valence-electron chi connectivity index (χ2n) is 4.94. The molecular weight excluding hydrogens is 226 g/mol. The van der Waals surface area contributed by atoms with Crippen molar-refractivity contribution in [1.82, 2.24) is 4.90 Å². The predicted molar refractivity (Wildman–Crippen MR) is 71.5 cm³/mol. The van der Waals surface area contributed by atoms with Crippen molar-refractivity contribution in [3.63, 3.8) is 0 Å². The first-order valence-electron chi connectivity index (χ1n) is 6.23. The Bertz CT molecular complexity index is 437. The first-order valence-corrected chi connectivity index (χ1v) is 6.23. The lowest BCUT2D eigenvalue weighted by atomic mass is 10.1. The normalized spacial score (nSPS) is 24.9. The molecule has 1 aliphatic rings. The number of nitrogens with zero attached hydrogens (tertiary/aromatic N) is 3. The lowest BCUT2D eigenvalue weighted by Gasteiger charge is -2.44. The van der Waals surface area contributed by atoms with E-state index in [0.717, 1.165) is 18.8 Å². The lowest BCUT2D eigenvalue weighted by Crippen LogP contribution is -2.57. The lowest BCUT2D eigenvalue weighted by molar-refractivity contribution is 0.122. The molecule has 0 aliphatic carbocycles. The van der Waals surface area contributed by atoms with Crippen molar-refractivity contribution < 1.29 is 5.11 Å². The van der Waals surface area contributed by atoms with Gasteiger partial charge in [-0.25, -0.2) is 0 Å². The number of hydrogen-bond donors (Lipinski definition) is 1. The van der Waals surface area contributed by atoms with Crippen LogP contribution in [0, 0.1) is 11.3 Å². The number of likely N-dealkylation sites (N-methyl/N-ethyl adjacent to an activating group) is 1. The Morgan fingerprint density at radius 2 is 2.00 bits per heavy atom. The van der Waals surface area contributed by atoms with Crippen LogP contribution < -0.4 is 4.90 Å². The summed E-state index contributed by atoms with van der Waals surface area (Å²) >= 11 is 0. The maximum atomic E-state index is 9.38. The van der Waals surface area contributed by atoms with E-state index in [4.69, 9.17) is 5.26 Å². The highest BCUT2D eigenvalue weighted by Crippen LogP contribution is 2.22. The molecule has 1 aliphatic heterocycles. The Morgan fingerprint density at radius 1 is 1.33 bits per heavy atom. The van der Waals surface area contributed by atoms with E-state index in [9.17, 15) is 5.11 Å². The highest BCUT2D eigenvalue weighted by molar-refractivity contribution is 5.51. The van der Waals surface area contributed by atoms with Crippen molar-refractivity contribution in [3.8, 4) is 6.07 Å². The van der Waals surface area contributed by atoms with Gasteiger partial charge < -0.3 is 10.0 Å². The van der Waals surface area contributed by atoms with E-state index >= 15 is 0 Å². The van der Waals surface area contributed by atoms with Gasteiger partial charge in [-0.3, -0.25) is 4.90 Å². The monoisotopic (exact) mass is 245 g/mol. The second-order valence-corrected chi connectivity index (χ2v) is 4.94. The maximum absolute atomic E-state index is 9.38. The average molecular weight is 245 g/mol. The van der Waals surface area contributed by atoms with Crippen LogP contribution in [0.4, 0.5) is 5.69 Å². The van der Waals surface area contributed by atoms with E-state index in [-0.39, 0.29) is 12.6 Å². The quantitative estimate of drug-likeness (QED) is 0.846. The van der Waals surface area contributed by atoms with Gasteiger partial charge in [-0.15, -0.1) is 0 Å². The standard InChI is InChI=1S/C14H19N3O/c1-11-8-16(2)14(10-18)9-17(11)13-5-3-12(7-15)4-6-13/h3-6,11,14,18H,8-10H2,1-2H3. The molecule has 2 unspecified atom stereocenters. The molecular formula is C14H19N3O. The SMILES string of the molecule is CC1CN(C)C(CO)CN1c1ccc(C#N)cc1. The van der Waals surface area contributed by atoms with Crippen molar-refractivity contribution in [3.05, 3.63) is 29.8 Å². The Kier molecular flexibility index (Phi) is 3.85. The van der Waals surface area contributed by atoms with Crippen LogP contribution in [0.15, 0.2) is 24.3 Å². The van der Waals surface area contributed by atoms with Crippen LogP contribution in [0.3, 0.4) is 0 Å². The number of rotatable bonds is 2. The Balaban J connectivity index is 2.18. The molecule has 1 heterocycles. The molecule has 4 nitrogen and oxygen atoms in total. The Morgan fingerprint density at radius 3 is 2.56 bits per heavy atom. The average Bonchev–Trinajstić information content (AvgIpc) is 2.39. The summed E-state index contributed by atoms with van der Waals surface area (Å²) in [5, 5.41) is 18.2. The minimum Gasteiger partial charge on any atom is -0.395 e. The molecule has 1 N–H and O–H groups in total. The fourth-order valence-corrected chi connectivity index (χ4v) is 2.50. The largest absolute Gasteiger partial charge is 0.395 e. The Hall–Kier alpha value is -1.57. The van der Waals surface area contributed by atoms with E-state index < -0.39 is 0 Å². The third kappa shape index (κ3) is 2.47. The minimum absolute atomic E-state index is 0.177. The van der Waals surface area contributed by atoms with Crippen LogP contribution in [-0.4, -0.2) is 48.8 Å². The zero-order chi connectivity index (χ0) is 13.1. The fourth-order valence-electron chi connectivity index (χ4n) is 2.50. The summed E-state index contributed by atoms with van der Waals surface area (Å²) in [4.78, 5) is 4.49. The van der Waals surface area contributed by atoms with Gasteiger partial charge in [0.25, 0.3) is 0 Å². The third-order valence-corrected chi connectivity index (χ3v) is 3.65. The summed E-state index contributed by atoms with van der Waals surface area (Å²) in [6.45, 7) is 4.11. The summed E-state index contributed by atoms with van der Waals surface area (Å²) in [6.07, 6.45) is 0. The van der Waals surface area contributed by atoms with Gasteiger partial charge in [0.1, 0.15) is 0 Å². The molecule has 2 rings (SSSR count). The topological polar surface area (TPSA) is 50.5 Å². The fraction of sp³-hybridized carbons (Fsp3) is 0.500. The van der Waals surface area contributed by atoms with Gasteiger partial charge in [0.15, 0.2) is 0 Å². The van der Waals surface area contributed by atoms with Crippen LogP contribution in [0.1, 0.15) is 12.5 Å². The van der Waals surface area contributed by atoms with Crippen molar-refractivity contribution in [2.75, 3.05) is 31.6 Å².